The van der Waals surface area contributed by atoms with Crippen LogP contribution < -0.4 is 5.73 Å². The van der Waals surface area contributed by atoms with Gasteiger partial charge in [0.15, 0.2) is 0 Å². The molecule has 1 aromatic carbocycles. The van der Waals surface area contributed by atoms with Crippen LogP contribution in [0.25, 0.3) is 0 Å². The van der Waals surface area contributed by atoms with Gasteiger partial charge in [0.25, 0.3) is 0 Å². The summed E-state index contributed by atoms with van der Waals surface area (Å²) in [5, 5.41) is 0. The van der Waals surface area contributed by atoms with E-state index >= 15 is 0 Å². The van der Waals surface area contributed by atoms with E-state index in [-0.39, 0.29) is 11.9 Å². The normalized spacial score (nSPS) is 21.9. The minimum atomic E-state index is 0.205. The maximum Gasteiger partial charge on any atom is 0.222 e. The van der Waals surface area contributed by atoms with Crippen molar-refractivity contribution in [3.8, 4) is 0 Å². The number of amides is 1. The van der Waals surface area contributed by atoms with E-state index in [0.717, 1.165) is 12.8 Å². The summed E-state index contributed by atoms with van der Waals surface area (Å²) < 4.78 is 0. The smallest absolute Gasteiger partial charge is 0.222 e. The topological polar surface area (TPSA) is 46.3 Å². The van der Waals surface area contributed by atoms with Crippen LogP contribution in [0.2, 0.25) is 0 Å². The number of carbonyl (C=O) groups is 1. The molecule has 1 fully saturated rings. The third kappa shape index (κ3) is 4.57. The van der Waals surface area contributed by atoms with Gasteiger partial charge in [-0.1, -0.05) is 51.0 Å². The molecule has 1 aromatic rings. The molecule has 2 rings (SSSR count). The summed E-state index contributed by atoms with van der Waals surface area (Å²) in [7, 11) is 1.90. The summed E-state index contributed by atoms with van der Waals surface area (Å²) >= 11 is 0. The maximum atomic E-state index is 12.4. The van der Waals surface area contributed by atoms with Crippen LogP contribution in [0.4, 0.5) is 0 Å². The van der Waals surface area contributed by atoms with Crippen molar-refractivity contribution >= 4 is 5.91 Å². The Bertz CT molecular complexity index is 481. The molecule has 1 aliphatic carbocycles. The molecule has 0 saturated heterocycles. The molecule has 0 bridgehead atoms. The zero-order chi connectivity index (χ0) is 16.1. The fourth-order valence-corrected chi connectivity index (χ4v) is 3.24. The van der Waals surface area contributed by atoms with Gasteiger partial charge in [-0.25, -0.2) is 0 Å². The van der Waals surface area contributed by atoms with Crippen LogP contribution in [0.3, 0.4) is 0 Å². The molecule has 0 aromatic heterocycles. The van der Waals surface area contributed by atoms with E-state index in [4.69, 9.17) is 5.73 Å². The third-order valence-electron chi connectivity index (χ3n) is 4.90. The monoisotopic (exact) mass is 302 g/mol. The third-order valence-corrected chi connectivity index (χ3v) is 4.90. The van der Waals surface area contributed by atoms with Gasteiger partial charge in [-0.05, 0) is 35.8 Å². The molecule has 0 spiro atoms. The number of hydrogen-bond donors (Lipinski definition) is 1. The van der Waals surface area contributed by atoms with Gasteiger partial charge >= 0.3 is 0 Å². The maximum absolute atomic E-state index is 12.4. The van der Waals surface area contributed by atoms with Crippen LogP contribution in [0.5, 0.6) is 0 Å². The molecule has 2 atom stereocenters. The number of hydrogen-bond acceptors (Lipinski definition) is 2. The zero-order valence-corrected chi connectivity index (χ0v) is 14.2. The highest BCUT2D eigenvalue weighted by Gasteiger charge is 2.25. The molecule has 1 aliphatic rings. The Morgan fingerprint density at radius 2 is 1.86 bits per heavy atom. The van der Waals surface area contributed by atoms with Crippen molar-refractivity contribution in [3.05, 3.63) is 35.4 Å². The Labute approximate surface area is 134 Å². The van der Waals surface area contributed by atoms with Crippen LogP contribution in [0, 0.1) is 5.92 Å². The van der Waals surface area contributed by atoms with Gasteiger partial charge < -0.3 is 10.6 Å². The Hall–Kier alpha value is -1.35. The predicted octanol–water partition coefficient (Wildman–Crippen LogP) is 3.68. The van der Waals surface area contributed by atoms with Crippen LogP contribution in [-0.2, 0) is 11.3 Å². The minimum absolute atomic E-state index is 0.205. The Kier molecular flexibility index (Phi) is 6.01. The summed E-state index contributed by atoms with van der Waals surface area (Å²) in [6.07, 6.45) is 5.19. The standard InChI is InChI=1S/C19H30N2O/c1-14(2)16-10-8-15(9-11-16)13-21(3)19(22)12-17-6-4-5-7-18(17)20/h8-11,14,17-18H,4-7,12-13,20H2,1-3H3. The van der Waals surface area contributed by atoms with Crippen LogP contribution in [0.1, 0.15) is 63.0 Å². The molecule has 2 unspecified atom stereocenters. The van der Waals surface area contributed by atoms with Crippen molar-refractivity contribution in [1.82, 2.24) is 4.90 Å². The Balaban J connectivity index is 1.87. The van der Waals surface area contributed by atoms with Gasteiger partial charge in [-0.3, -0.25) is 4.79 Å². The van der Waals surface area contributed by atoms with E-state index in [0.29, 0.717) is 24.8 Å². The van der Waals surface area contributed by atoms with Crippen LogP contribution >= 0.6 is 0 Å². The van der Waals surface area contributed by atoms with E-state index in [2.05, 4.69) is 38.1 Å². The van der Waals surface area contributed by atoms with Gasteiger partial charge in [-0.2, -0.15) is 0 Å². The molecule has 1 saturated carbocycles. The lowest BCUT2D eigenvalue weighted by Crippen LogP contribution is -2.37. The van der Waals surface area contributed by atoms with Gasteiger partial charge in [0.1, 0.15) is 0 Å². The Morgan fingerprint density at radius 3 is 2.45 bits per heavy atom. The van der Waals surface area contributed by atoms with Gasteiger partial charge in [0.2, 0.25) is 5.91 Å². The van der Waals surface area contributed by atoms with Crippen molar-refractivity contribution in [2.24, 2.45) is 11.7 Å². The molecule has 3 heteroatoms. The molecule has 2 N–H and O–H groups in total. The zero-order valence-electron chi connectivity index (χ0n) is 14.2. The molecular formula is C19H30N2O. The van der Waals surface area contributed by atoms with Gasteiger partial charge in [0.05, 0.1) is 0 Å². The fraction of sp³-hybridized carbons (Fsp3) is 0.632. The highest BCUT2D eigenvalue weighted by Crippen LogP contribution is 2.26. The highest BCUT2D eigenvalue weighted by molar-refractivity contribution is 5.76. The lowest BCUT2D eigenvalue weighted by atomic mass is 9.83. The average Bonchev–Trinajstić information content (AvgIpc) is 2.50. The first kappa shape index (κ1) is 17.0. The fourth-order valence-electron chi connectivity index (χ4n) is 3.24. The lowest BCUT2D eigenvalue weighted by molar-refractivity contribution is -0.131. The quantitative estimate of drug-likeness (QED) is 0.902. The van der Waals surface area contributed by atoms with E-state index in [1.54, 1.807) is 0 Å². The molecular weight excluding hydrogens is 272 g/mol. The average molecular weight is 302 g/mol. The van der Waals surface area contributed by atoms with E-state index in [1.807, 2.05) is 11.9 Å². The van der Waals surface area contributed by atoms with Gasteiger partial charge in [0, 0.05) is 26.1 Å². The summed E-state index contributed by atoms with van der Waals surface area (Å²) in [6.45, 7) is 5.06. The second-order valence-electron chi connectivity index (χ2n) is 7.06. The minimum Gasteiger partial charge on any atom is -0.341 e. The summed E-state index contributed by atoms with van der Waals surface area (Å²) in [6, 6.07) is 8.79. The second-order valence-corrected chi connectivity index (χ2v) is 7.06. The SMILES string of the molecule is CC(C)c1ccc(CN(C)C(=O)CC2CCCCC2N)cc1. The molecule has 1 amide bonds. The number of rotatable bonds is 5. The van der Waals surface area contributed by atoms with E-state index in [1.165, 1.54) is 24.0 Å². The van der Waals surface area contributed by atoms with Crippen molar-refractivity contribution in [3.63, 3.8) is 0 Å². The molecule has 122 valence electrons. The number of nitrogens with zero attached hydrogens (tertiary/aromatic N) is 1. The number of nitrogens with two attached hydrogens (primary N) is 1. The van der Waals surface area contributed by atoms with Crippen molar-refractivity contribution < 1.29 is 4.79 Å². The van der Waals surface area contributed by atoms with Gasteiger partial charge in [-0.15, -0.1) is 0 Å². The molecule has 0 radical (unpaired) electrons. The first-order valence-corrected chi connectivity index (χ1v) is 8.55. The largest absolute Gasteiger partial charge is 0.341 e. The Morgan fingerprint density at radius 1 is 1.23 bits per heavy atom. The molecule has 0 heterocycles. The van der Waals surface area contributed by atoms with E-state index in [9.17, 15) is 4.79 Å². The van der Waals surface area contributed by atoms with Crippen molar-refractivity contribution in [1.29, 1.82) is 0 Å². The molecule has 0 aliphatic heterocycles. The predicted molar refractivity (Wildman–Crippen MR) is 91.6 cm³/mol. The number of benzene rings is 1. The van der Waals surface area contributed by atoms with Crippen LogP contribution in [-0.4, -0.2) is 23.9 Å². The van der Waals surface area contributed by atoms with Crippen molar-refractivity contribution in [2.45, 2.75) is 64.5 Å². The number of carbonyl (C=O) groups excluding carboxylic acids is 1. The first-order valence-electron chi connectivity index (χ1n) is 8.55. The highest BCUT2D eigenvalue weighted by atomic mass is 16.2. The van der Waals surface area contributed by atoms with E-state index < -0.39 is 0 Å². The summed E-state index contributed by atoms with van der Waals surface area (Å²) in [5.74, 6) is 1.13. The van der Waals surface area contributed by atoms with Crippen LogP contribution in [0.15, 0.2) is 24.3 Å². The first-order chi connectivity index (χ1) is 10.5. The van der Waals surface area contributed by atoms with Crippen molar-refractivity contribution in [2.75, 3.05) is 7.05 Å². The second kappa shape index (κ2) is 7.77. The molecule has 3 nitrogen and oxygen atoms in total. The summed E-state index contributed by atoms with van der Waals surface area (Å²) in [5.41, 5.74) is 8.68. The lowest BCUT2D eigenvalue weighted by Gasteiger charge is -2.29. The molecule has 22 heavy (non-hydrogen) atoms. The summed E-state index contributed by atoms with van der Waals surface area (Å²) in [4.78, 5) is 14.2.